The van der Waals surface area contributed by atoms with Crippen LogP contribution in [0.5, 0.6) is 0 Å². The summed E-state index contributed by atoms with van der Waals surface area (Å²) in [4.78, 5) is 4.61. The number of fused-ring (bicyclic) bond motifs is 1. The standard InChI is InChI=1S/C22H18ClFN2/c1-14-15(2)26(13-16-3-7-18(23)8-4-16)22-20(14)11-12-25-21(22)17-5-9-19(24)10-6-17/h3-12H,13H2,1-2H3. The first-order chi connectivity index (χ1) is 12.5. The first-order valence-corrected chi connectivity index (χ1v) is 8.87. The third kappa shape index (κ3) is 2.89. The zero-order valence-electron chi connectivity index (χ0n) is 14.6. The number of halogens is 2. The van der Waals surface area contributed by atoms with Gasteiger partial charge in [0.05, 0.1) is 11.2 Å². The number of aryl methyl sites for hydroxylation is 1. The molecule has 0 amide bonds. The van der Waals surface area contributed by atoms with Crippen LogP contribution in [0.15, 0.2) is 60.8 Å². The van der Waals surface area contributed by atoms with Crippen LogP contribution < -0.4 is 0 Å². The number of benzene rings is 2. The molecule has 0 aliphatic carbocycles. The first-order valence-electron chi connectivity index (χ1n) is 8.49. The quantitative estimate of drug-likeness (QED) is 0.425. The van der Waals surface area contributed by atoms with Crippen molar-refractivity contribution in [3.63, 3.8) is 0 Å². The van der Waals surface area contributed by atoms with Crippen LogP contribution in [-0.2, 0) is 6.54 Å². The van der Waals surface area contributed by atoms with Gasteiger partial charge in [0.1, 0.15) is 5.82 Å². The van der Waals surface area contributed by atoms with Crippen molar-refractivity contribution in [1.29, 1.82) is 0 Å². The van der Waals surface area contributed by atoms with Crippen molar-refractivity contribution in [1.82, 2.24) is 9.55 Å². The Bertz CT molecular complexity index is 1080. The fourth-order valence-corrected chi connectivity index (χ4v) is 3.51. The van der Waals surface area contributed by atoms with Crippen LogP contribution in [0.3, 0.4) is 0 Å². The van der Waals surface area contributed by atoms with Crippen LogP contribution in [0.25, 0.3) is 22.2 Å². The van der Waals surface area contributed by atoms with E-state index in [1.54, 1.807) is 12.1 Å². The second-order valence-corrected chi connectivity index (χ2v) is 6.92. The maximum Gasteiger partial charge on any atom is 0.123 e. The highest BCUT2D eigenvalue weighted by Gasteiger charge is 2.16. The highest BCUT2D eigenvalue weighted by atomic mass is 35.5. The van der Waals surface area contributed by atoms with Gasteiger partial charge in [-0.1, -0.05) is 23.7 Å². The first kappa shape index (κ1) is 16.8. The summed E-state index contributed by atoms with van der Waals surface area (Å²) in [5, 5.41) is 1.90. The van der Waals surface area contributed by atoms with Crippen molar-refractivity contribution in [2.45, 2.75) is 20.4 Å². The molecule has 4 aromatic rings. The molecule has 0 unspecified atom stereocenters. The minimum absolute atomic E-state index is 0.246. The predicted octanol–water partition coefficient (Wildman–Crippen LogP) is 6.16. The van der Waals surface area contributed by atoms with E-state index < -0.39 is 0 Å². The Morgan fingerprint density at radius 2 is 1.65 bits per heavy atom. The molecule has 0 saturated carbocycles. The van der Waals surface area contributed by atoms with Crippen molar-refractivity contribution in [3.05, 3.63) is 88.5 Å². The summed E-state index contributed by atoms with van der Waals surface area (Å²) in [5.41, 5.74) is 6.46. The van der Waals surface area contributed by atoms with E-state index in [0.29, 0.717) is 0 Å². The predicted molar refractivity (Wildman–Crippen MR) is 105 cm³/mol. The summed E-state index contributed by atoms with van der Waals surface area (Å²) in [6.07, 6.45) is 1.82. The molecule has 130 valence electrons. The van der Waals surface area contributed by atoms with Gasteiger partial charge in [-0.2, -0.15) is 0 Å². The number of pyridine rings is 1. The Labute approximate surface area is 156 Å². The van der Waals surface area contributed by atoms with E-state index in [1.807, 2.05) is 36.5 Å². The van der Waals surface area contributed by atoms with Crippen molar-refractivity contribution in [2.24, 2.45) is 0 Å². The van der Waals surface area contributed by atoms with Gasteiger partial charge in [-0.25, -0.2) is 4.39 Å². The molecule has 4 rings (SSSR count). The lowest BCUT2D eigenvalue weighted by atomic mass is 10.1. The summed E-state index contributed by atoms with van der Waals surface area (Å²) in [6.45, 7) is 4.98. The number of rotatable bonds is 3. The molecule has 4 heteroatoms. The summed E-state index contributed by atoms with van der Waals surface area (Å²) >= 11 is 6.02. The van der Waals surface area contributed by atoms with E-state index in [-0.39, 0.29) is 5.82 Å². The molecule has 0 spiro atoms. The van der Waals surface area contributed by atoms with Crippen molar-refractivity contribution in [3.8, 4) is 11.3 Å². The van der Waals surface area contributed by atoms with Gasteiger partial charge in [-0.05, 0) is 67.4 Å². The average Bonchev–Trinajstić information content (AvgIpc) is 2.89. The Kier molecular flexibility index (Phi) is 4.25. The van der Waals surface area contributed by atoms with Gasteiger partial charge < -0.3 is 4.57 Å². The monoisotopic (exact) mass is 364 g/mol. The molecule has 2 nitrogen and oxygen atoms in total. The van der Waals surface area contributed by atoms with E-state index in [2.05, 4.69) is 23.4 Å². The average molecular weight is 365 g/mol. The molecule has 2 aromatic heterocycles. The minimum atomic E-state index is -0.246. The van der Waals surface area contributed by atoms with Gasteiger partial charge in [0.15, 0.2) is 0 Å². The fourth-order valence-electron chi connectivity index (χ4n) is 3.38. The summed E-state index contributed by atoms with van der Waals surface area (Å²) in [5.74, 6) is -0.246. The van der Waals surface area contributed by atoms with Gasteiger partial charge in [-0.3, -0.25) is 4.98 Å². The zero-order chi connectivity index (χ0) is 18.3. The van der Waals surface area contributed by atoms with Crippen LogP contribution in [0.1, 0.15) is 16.8 Å². The van der Waals surface area contributed by atoms with Gasteiger partial charge in [0.2, 0.25) is 0 Å². The topological polar surface area (TPSA) is 17.8 Å². The maximum atomic E-state index is 13.3. The van der Waals surface area contributed by atoms with Crippen LogP contribution in [0, 0.1) is 19.7 Å². The molecule has 0 radical (unpaired) electrons. The molecular weight excluding hydrogens is 347 g/mol. The maximum absolute atomic E-state index is 13.3. The number of nitrogens with zero attached hydrogens (tertiary/aromatic N) is 2. The van der Waals surface area contributed by atoms with Gasteiger partial charge in [0, 0.05) is 34.4 Å². The third-order valence-corrected chi connectivity index (χ3v) is 5.17. The molecule has 0 bridgehead atoms. The van der Waals surface area contributed by atoms with Crippen LogP contribution in [-0.4, -0.2) is 9.55 Å². The van der Waals surface area contributed by atoms with E-state index >= 15 is 0 Å². The normalized spacial score (nSPS) is 11.2. The highest BCUT2D eigenvalue weighted by molar-refractivity contribution is 6.30. The Morgan fingerprint density at radius 1 is 0.962 bits per heavy atom. The molecule has 0 N–H and O–H groups in total. The van der Waals surface area contributed by atoms with Gasteiger partial charge >= 0.3 is 0 Å². The molecule has 0 fully saturated rings. The Hall–Kier alpha value is -2.65. The molecule has 2 heterocycles. The molecule has 0 saturated heterocycles. The summed E-state index contributed by atoms with van der Waals surface area (Å²) < 4.78 is 15.6. The fraction of sp³-hybridized carbons (Fsp3) is 0.136. The molecular formula is C22H18ClFN2. The second-order valence-electron chi connectivity index (χ2n) is 6.49. The highest BCUT2D eigenvalue weighted by Crippen LogP contribution is 2.33. The number of aromatic nitrogens is 2. The third-order valence-electron chi connectivity index (χ3n) is 4.92. The van der Waals surface area contributed by atoms with E-state index in [4.69, 9.17) is 11.6 Å². The van der Waals surface area contributed by atoms with E-state index in [0.717, 1.165) is 28.3 Å². The smallest absolute Gasteiger partial charge is 0.123 e. The van der Waals surface area contributed by atoms with Crippen LogP contribution >= 0.6 is 11.6 Å². The minimum Gasteiger partial charge on any atom is -0.338 e. The molecule has 2 aromatic carbocycles. The number of hydrogen-bond donors (Lipinski definition) is 0. The lowest BCUT2D eigenvalue weighted by molar-refractivity contribution is 0.628. The molecule has 0 aliphatic rings. The Morgan fingerprint density at radius 3 is 2.35 bits per heavy atom. The van der Waals surface area contributed by atoms with Crippen molar-refractivity contribution >= 4 is 22.5 Å². The van der Waals surface area contributed by atoms with Crippen LogP contribution in [0.2, 0.25) is 5.02 Å². The second kappa shape index (κ2) is 6.58. The molecule has 0 aliphatic heterocycles. The van der Waals surface area contributed by atoms with Crippen LogP contribution in [0.4, 0.5) is 4.39 Å². The van der Waals surface area contributed by atoms with E-state index in [1.165, 1.54) is 34.3 Å². The summed E-state index contributed by atoms with van der Waals surface area (Å²) in [6, 6.07) is 16.4. The largest absolute Gasteiger partial charge is 0.338 e. The van der Waals surface area contributed by atoms with Gasteiger partial charge in [0.25, 0.3) is 0 Å². The van der Waals surface area contributed by atoms with Crippen molar-refractivity contribution in [2.75, 3.05) is 0 Å². The lowest BCUT2D eigenvalue weighted by Gasteiger charge is -2.12. The SMILES string of the molecule is Cc1c(C)n(Cc2ccc(Cl)cc2)c2c(-c3ccc(F)cc3)nccc12. The summed E-state index contributed by atoms with van der Waals surface area (Å²) in [7, 11) is 0. The van der Waals surface area contributed by atoms with E-state index in [9.17, 15) is 4.39 Å². The molecule has 0 atom stereocenters. The lowest BCUT2D eigenvalue weighted by Crippen LogP contribution is -2.03. The zero-order valence-corrected chi connectivity index (χ0v) is 15.4. The van der Waals surface area contributed by atoms with Gasteiger partial charge in [-0.15, -0.1) is 0 Å². The molecule has 26 heavy (non-hydrogen) atoms. The van der Waals surface area contributed by atoms with Crippen molar-refractivity contribution < 1.29 is 4.39 Å². The number of hydrogen-bond acceptors (Lipinski definition) is 1. The Balaban J connectivity index is 1.93.